The second-order valence-corrected chi connectivity index (χ2v) is 4.77. The predicted octanol–water partition coefficient (Wildman–Crippen LogP) is 3.82. The molecule has 15 heavy (non-hydrogen) atoms. The van der Waals surface area contributed by atoms with Crippen molar-refractivity contribution in [1.82, 2.24) is 0 Å². The summed E-state index contributed by atoms with van der Waals surface area (Å²) in [7, 11) is 0. The molecule has 1 atom stereocenters. The summed E-state index contributed by atoms with van der Waals surface area (Å²) in [6, 6.07) is 5.42. The van der Waals surface area contributed by atoms with E-state index in [2.05, 4.69) is 0 Å². The van der Waals surface area contributed by atoms with E-state index < -0.39 is 5.79 Å². The quantitative estimate of drug-likeness (QED) is 0.751. The van der Waals surface area contributed by atoms with Crippen LogP contribution in [-0.4, -0.2) is 12.4 Å². The van der Waals surface area contributed by atoms with Gasteiger partial charge >= 0.3 is 0 Å². The third-order valence-corrected chi connectivity index (χ3v) is 2.99. The Kier molecular flexibility index (Phi) is 2.95. The Bertz CT molecular complexity index is 357. The SMILES string of the molecule is CC1(C)OCC(c2c(Cl)cccc2Cl)O1. The Hall–Kier alpha value is -0.280. The molecule has 1 aliphatic heterocycles. The van der Waals surface area contributed by atoms with Crippen LogP contribution in [0.25, 0.3) is 0 Å². The van der Waals surface area contributed by atoms with Crippen molar-refractivity contribution in [3.63, 3.8) is 0 Å². The fourth-order valence-corrected chi connectivity index (χ4v) is 2.29. The van der Waals surface area contributed by atoms with Gasteiger partial charge in [-0.3, -0.25) is 0 Å². The van der Waals surface area contributed by atoms with Gasteiger partial charge in [0.25, 0.3) is 0 Å². The molecule has 1 heterocycles. The molecule has 2 nitrogen and oxygen atoms in total. The normalized spacial score (nSPS) is 24.4. The summed E-state index contributed by atoms with van der Waals surface area (Å²) in [5.41, 5.74) is 0.811. The summed E-state index contributed by atoms with van der Waals surface area (Å²) in [6.45, 7) is 4.23. The molecular formula is C11H12Cl2O2. The Morgan fingerprint density at radius 3 is 2.33 bits per heavy atom. The van der Waals surface area contributed by atoms with Gasteiger partial charge in [-0.2, -0.15) is 0 Å². The van der Waals surface area contributed by atoms with Gasteiger partial charge in [-0.1, -0.05) is 29.3 Å². The molecule has 1 aliphatic rings. The standard InChI is InChI=1S/C11H12Cl2O2/c1-11(2)14-6-9(15-11)10-7(12)4-3-5-8(10)13/h3-5,9H,6H2,1-2H3. The molecule has 1 saturated heterocycles. The van der Waals surface area contributed by atoms with Crippen LogP contribution in [0.15, 0.2) is 18.2 Å². The van der Waals surface area contributed by atoms with Crippen LogP contribution in [0.1, 0.15) is 25.5 Å². The number of ether oxygens (including phenoxy) is 2. The van der Waals surface area contributed by atoms with Gasteiger partial charge in [0.05, 0.1) is 6.61 Å². The number of halogens is 2. The number of hydrogen-bond acceptors (Lipinski definition) is 2. The minimum Gasteiger partial charge on any atom is -0.347 e. The van der Waals surface area contributed by atoms with Gasteiger partial charge in [0.1, 0.15) is 6.10 Å². The molecule has 0 spiro atoms. The topological polar surface area (TPSA) is 18.5 Å². The summed E-state index contributed by atoms with van der Waals surface area (Å²) in [5, 5.41) is 1.24. The average molecular weight is 247 g/mol. The van der Waals surface area contributed by atoms with E-state index in [1.807, 2.05) is 19.9 Å². The van der Waals surface area contributed by atoms with E-state index in [4.69, 9.17) is 32.7 Å². The molecule has 82 valence electrons. The van der Waals surface area contributed by atoms with Crippen LogP contribution in [0.2, 0.25) is 10.0 Å². The summed E-state index contributed by atoms with van der Waals surface area (Å²) in [4.78, 5) is 0. The molecule has 1 aromatic rings. The average Bonchev–Trinajstić information content (AvgIpc) is 2.46. The van der Waals surface area contributed by atoms with Crippen molar-refractivity contribution in [2.24, 2.45) is 0 Å². The van der Waals surface area contributed by atoms with Crippen LogP contribution in [-0.2, 0) is 9.47 Å². The molecule has 0 N–H and O–H groups in total. The minimum atomic E-state index is -0.562. The van der Waals surface area contributed by atoms with Crippen LogP contribution >= 0.6 is 23.2 Å². The second kappa shape index (κ2) is 3.95. The Morgan fingerprint density at radius 2 is 1.87 bits per heavy atom. The first kappa shape index (κ1) is 11.2. The lowest BCUT2D eigenvalue weighted by atomic mass is 10.1. The Morgan fingerprint density at radius 1 is 1.27 bits per heavy atom. The summed E-state index contributed by atoms with van der Waals surface area (Å²) in [5.74, 6) is -0.562. The van der Waals surface area contributed by atoms with Gasteiger partial charge in [0, 0.05) is 15.6 Å². The van der Waals surface area contributed by atoms with Crippen LogP contribution < -0.4 is 0 Å². The zero-order chi connectivity index (χ0) is 11.1. The van der Waals surface area contributed by atoms with Crippen molar-refractivity contribution in [3.05, 3.63) is 33.8 Å². The molecule has 1 unspecified atom stereocenters. The maximum absolute atomic E-state index is 6.08. The van der Waals surface area contributed by atoms with Crippen molar-refractivity contribution in [2.75, 3.05) is 6.61 Å². The fraction of sp³-hybridized carbons (Fsp3) is 0.455. The zero-order valence-electron chi connectivity index (χ0n) is 8.59. The monoisotopic (exact) mass is 246 g/mol. The first-order valence-electron chi connectivity index (χ1n) is 4.75. The number of hydrogen-bond donors (Lipinski definition) is 0. The van der Waals surface area contributed by atoms with Crippen molar-refractivity contribution in [1.29, 1.82) is 0 Å². The van der Waals surface area contributed by atoms with Gasteiger partial charge in [0.15, 0.2) is 5.79 Å². The molecule has 0 saturated carbocycles. The summed E-state index contributed by atoms with van der Waals surface area (Å²) in [6.07, 6.45) is -0.179. The van der Waals surface area contributed by atoms with E-state index in [-0.39, 0.29) is 6.10 Å². The van der Waals surface area contributed by atoms with E-state index in [9.17, 15) is 0 Å². The van der Waals surface area contributed by atoms with E-state index >= 15 is 0 Å². The molecule has 0 bridgehead atoms. The molecule has 0 radical (unpaired) electrons. The molecule has 1 fully saturated rings. The molecule has 0 aliphatic carbocycles. The van der Waals surface area contributed by atoms with E-state index in [1.165, 1.54) is 0 Å². The highest BCUT2D eigenvalue weighted by molar-refractivity contribution is 6.36. The van der Waals surface area contributed by atoms with Gasteiger partial charge in [0.2, 0.25) is 0 Å². The summed E-state index contributed by atoms with van der Waals surface area (Å²) >= 11 is 12.2. The maximum Gasteiger partial charge on any atom is 0.163 e. The number of benzene rings is 1. The highest BCUT2D eigenvalue weighted by atomic mass is 35.5. The van der Waals surface area contributed by atoms with Crippen LogP contribution in [0.3, 0.4) is 0 Å². The van der Waals surface area contributed by atoms with Crippen molar-refractivity contribution in [3.8, 4) is 0 Å². The highest BCUT2D eigenvalue weighted by Gasteiger charge is 2.35. The van der Waals surface area contributed by atoms with Gasteiger partial charge in [-0.15, -0.1) is 0 Å². The van der Waals surface area contributed by atoms with Gasteiger partial charge in [-0.05, 0) is 26.0 Å². The lowest BCUT2D eigenvalue weighted by Crippen LogP contribution is -2.19. The third kappa shape index (κ3) is 2.28. The fourth-order valence-electron chi connectivity index (χ4n) is 1.65. The van der Waals surface area contributed by atoms with E-state index in [0.29, 0.717) is 16.7 Å². The van der Waals surface area contributed by atoms with E-state index in [0.717, 1.165) is 5.56 Å². The maximum atomic E-state index is 6.08. The van der Waals surface area contributed by atoms with Gasteiger partial charge in [-0.25, -0.2) is 0 Å². The zero-order valence-corrected chi connectivity index (χ0v) is 10.1. The van der Waals surface area contributed by atoms with Crippen molar-refractivity contribution >= 4 is 23.2 Å². The van der Waals surface area contributed by atoms with Crippen molar-refractivity contribution in [2.45, 2.75) is 25.7 Å². The molecule has 4 heteroatoms. The molecule has 2 rings (SSSR count). The highest BCUT2D eigenvalue weighted by Crippen LogP contribution is 2.39. The number of rotatable bonds is 1. The Balaban J connectivity index is 2.31. The minimum absolute atomic E-state index is 0.179. The largest absolute Gasteiger partial charge is 0.347 e. The van der Waals surface area contributed by atoms with Crippen LogP contribution in [0.5, 0.6) is 0 Å². The predicted molar refractivity (Wildman–Crippen MR) is 60.3 cm³/mol. The van der Waals surface area contributed by atoms with Crippen LogP contribution in [0, 0.1) is 0 Å². The van der Waals surface area contributed by atoms with Crippen LogP contribution in [0.4, 0.5) is 0 Å². The van der Waals surface area contributed by atoms with Crippen molar-refractivity contribution < 1.29 is 9.47 Å². The molecule has 0 aromatic heterocycles. The smallest absolute Gasteiger partial charge is 0.163 e. The lowest BCUT2D eigenvalue weighted by Gasteiger charge is -2.18. The second-order valence-electron chi connectivity index (χ2n) is 3.95. The first-order valence-corrected chi connectivity index (χ1v) is 5.51. The van der Waals surface area contributed by atoms with E-state index in [1.54, 1.807) is 12.1 Å². The molecular weight excluding hydrogens is 235 g/mol. The Labute approximate surface area is 99.1 Å². The first-order chi connectivity index (χ1) is 6.99. The third-order valence-electron chi connectivity index (χ3n) is 2.33. The lowest BCUT2D eigenvalue weighted by molar-refractivity contribution is -0.139. The molecule has 0 amide bonds. The van der Waals surface area contributed by atoms with Gasteiger partial charge < -0.3 is 9.47 Å². The molecule has 1 aromatic carbocycles. The summed E-state index contributed by atoms with van der Waals surface area (Å²) < 4.78 is 11.2.